The van der Waals surface area contributed by atoms with Crippen LogP contribution in [0, 0.1) is 5.82 Å². The monoisotopic (exact) mass is 426 g/mol. The van der Waals surface area contributed by atoms with Gasteiger partial charge in [-0.25, -0.2) is 4.39 Å². The van der Waals surface area contributed by atoms with Crippen LogP contribution in [0.2, 0.25) is 0 Å². The number of carbonyl (C=O) groups excluding carboxylic acids is 1. The van der Waals surface area contributed by atoms with E-state index in [0.717, 1.165) is 25.7 Å². The Morgan fingerprint density at radius 2 is 2.00 bits per heavy atom. The molecule has 0 saturated heterocycles. The Morgan fingerprint density at radius 3 is 2.61 bits per heavy atom. The summed E-state index contributed by atoms with van der Waals surface area (Å²) in [6.45, 7) is 1.33. The van der Waals surface area contributed by atoms with Crippen molar-refractivity contribution in [3.05, 3.63) is 66.2 Å². The molecule has 3 aromatic rings. The van der Waals surface area contributed by atoms with Gasteiger partial charge in [0.2, 0.25) is 0 Å². The Hall–Kier alpha value is -3.19. The van der Waals surface area contributed by atoms with Crippen molar-refractivity contribution in [2.45, 2.75) is 19.3 Å². The Kier molecular flexibility index (Phi) is 10.2. The van der Waals surface area contributed by atoms with Crippen LogP contribution in [0.4, 0.5) is 10.1 Å². The Morgan fingerprint density at radius 1 is 1.23 bits per heavy atom. The van der Waals surface area contributed by atoms with Crippen molar-refractivity contribution in [3.63, 3.8) is 0 Å². The zero-order chi connectivity index (χ0) is 22.5. The molecule has 3 rings (SSSR count). The van der Waals surface area contributed by atoms with E-state index in [4.69, 9.17) is 4.74 Å². The molecule has 2 N–H and O–H groups in total. The van der Waals surface area contributed by atoms with Crippen LogP contribution < -0.4 is 10.1 Å². The summed E-state index contributed by atoms with van der Waals surface area (Å²) in [6.07, 6.45) is 6.87. The van der Waals surface area contributed by atoms with Gasteiger partial charge in [0, 0.05) is 43.4 Å². The lowest BCUT2D eigenvalue weighted by atomic mass is 10.1. The highest BCUT2D eigenvalue weighted by Crippen LogP contribution is 2.33. The van der Waals surface area contributed by atoms with Crippen molar-refractivity contribution in [1.82, 2.24) is 15.1 Å². The number of benzene rings is 2. The van der Waals surface area contributed by atoms with E-state index in [-0.39, 0.29) is 5.82 Å². The van der Waals surface area contributed by atoms with Gasteiger partial charge < -0.3 is 19.7 Å². The minimum absolute atomic E-state index is 0.310. The van der Waals surface area contributed by atoms with Gasteiger partial charge in [-0.05, 0) is 38.6 Å². The fourth-order valence-corrected chi connectivity index (χ4v) is 2.86. The van der Waals surface area contributed by atoms with Crippen LogP contribution in [0.3, 0.4) is 0 Å². The van der Waals surface area contributed by atoms with Gasteiger partial charge >= 0.3 is 0 Å². The van der Waals surface area contributed by atoms with Crippen molar-refractivity contribution in [1.29, 1.82) is 0 Å². The lowest BCUT2D eigenvalue weighted by Gasteiger charge is -2.15. The quantitative estimate of drug-likeness (QED) is 0.371. The Balaban J connectivity index is 0.000000262. The number of halogens is 1. The van der Waals surface area contributed by atoms with E-state index < -0.39 is 0 Å². The number of aryl methyl sites for hydroxylation is 1. The molecule has 166 valence electrons. The number of likely N-dealkylation sites (N-methyl/N-ethyl adjacent to an activating group) is 1. The van der Waals surface area contributed by atoms with E-state index >= 15 is 0 Å². The standard InChI is InChI=1S/C14H19FN4O.C10H12O/c1-16-13-7-12(15)11(10-8-17-18-9-10)6-14(13)20-5-4-19(2)3;11-9-5-4-8-10-6-2-1-3-7-10/h6-9,16H,4-5H2,1-3H3,(H,17,18);1-3,6-7,9H,4-5,8H2. The third-order valence-electron chi connectivity index (χ3n) is 4.57. The molecule has 7 heteroatoms. The fourth-order valence-electron chi connectivity index (χ4n) is 2.86. The Labute approximate surface area is 183 Å². The highest BCUT2D eigenvalue weighted by Gasteiger charge is 2.12. The van der Waals surface area contributed by atoms with Gasteiger partial charge in [-0.1, -0.05) is 30.3 Å². The molecular formula is C24H31FN4O2. The lowest BCUT2D eigenvalue weighted by Crippen LogP contribution is -2.19. The second-order valence-electron chi connectivity index (χ2n) is 7.26. The molecule has 0 unspecified atom stereocenters. The first-order valence-electron chi connectivity index (χ1n) is 10.3. The molecule has 31 heavy (non-hydrogen) atoms. The van der Waals surface area contributed by atoms with E-state index in [2.05, 4.69) is 27.6 Å². The molecule has 0 spiro atoms. The lowest BCUT2D eigenvalue weighted by molar-refractivity contribution is -0.107. The van der Waals surface area contributed by atoms with Gasteiger partial charge in [0.1, 0.15) is 24.5 Å². The summed E-state index contributed by atoms with van der Waals surface area (Å²) in [6, 6.07) is 13.4. The van der Waals surface area contributed by atoms with Crippen LogP contribution in [-0.4, -0.2) is 55.7 Å². The van der Waals surface area contributed by atoms with Crippen LogP contribution >= 0.6 is 0 Å². The van der Waals surface area contributed by atoms with Crippen LogP contribution in [0.5, 0.6) is 5.75 Å². The fraction of sp³-hybridized carbons (Fsp3) is 0.333. The molecule has 6 nitrogen and oxygen atoms in total. The highest BCUT2D eigenvalue weighted by molar-refractivity contribution is 5.70. The van der Waals surface area contributed by atoms with Gasteiger partial charge in [0.25, 0.3) is 0 Å². The second-order valence-corrected chi connectivity index (χ2v) is 7.26. The third kappa shape index (κ3) is 8.22. The minimum atomic E-state index is -0.310. The normalized spacial score (nSPS) is 10.4. The predicted molar refractivity (Wildman–Crippen MR) is 123 cm³/mol. The van der Waals surface area contributed by atoms with Crippen LogP contribution in [0.1, 0.15) is 18.4 Å². The van der Waals surface area contributed by atoms with E-state index in [1.54, 1.807) is 25.5 Å². The molecule has 1 heterocycles. The summed E-state index contributed by atoms with van der Waals surface area (Å²) in [5, 5.41) is 9.47. The van der Waals surface area contributed by atoms with Crippen LogP contribution in [-0.2, 0) is 11.2 Å². The van der Waals surface area contributed by atoms with Gasteiger partial charge in [-0.15, -0.1) is 0 Å². The summed E-state index contributed by atoms with van der Waals surface area (Å²) in [4.78, 5) is 12.0. The summed E-state index contributed by atoms with van der Waals surface area (Å²) < 4.78 is 19.8. The van der Waals surface area contributed by atoms with E-state index in [9.17, 15) is 9.18 Å². The van der Waals surface area contributed by atoms with E-state index in [0.29, 0.717) is 35.6 Å². The van der Waals surface area contributed by atoms with Crippen molar-refractivity contribution in [2.75, 3.05) is 39.6 Å². The average molecular weight is 427 g/mol. The van der Waals surface area contributed by atoms with E-state index in [1.807, 2.05) is 37.2 Å². The number of aromatic nitrogens is 2. The molecular weight excluding hydrogens is 395 g/mol. The van der Waals surface area contributed by atoms with Gasteiger partial charge in [0.15, 0.2) is 0 Å². The second kappa shape index (κ2) is 13.2. The molecule has 0 radical (unpaired) electrons. The number of ether oxygens (including phenoxy) is 1. The first kappa shape index (κ1) is 24.1. The molecule has 0 fully saturated rings. The first-order valence-corrected chi connectivity index (χ1v) is 10.3. The number of hydrogen-bond acceptors (Lipinski definition) is 5. The summed E-state index contributed by atoms with van der Waals surface area (Å²) >= 11 is 0. The average Bonchev–Trinajstić information content (AvgIpc) is 3.30. The number of nitrogens with one attached hydrogen (secondary N) is 2. The molecule has 0 atom stereocenters. The molecule has 1 aromatic heterocycles. The van der Waals surface area contributed by atoms with Crippen LogP contribution in [0.15, 0.2) is 54.9 Å². The third-order valence-corrected chi connectivity index (χ3v) is 4.57. The molecule has 0 amide bonds. The van der Waals surface area contributed by atoms with Crippen LogP contribution in [0.25, 0.3) is 11.1 Å². The number of aldehydes is 1. The maximum atomic E-state index is 14.1. The SMILES string of the molecule is CNc1cc(F)c(-c2cn[nH]c2)cc1OCCN(C)C.O=CCCCc1ccccc1. The number of H-pyrrole nitrogens is 1. The number of rotatable bonds is 10. The molecule has 2 aromatic carbocycles. The summed E-state index contributed by atoms with van der Waals surface area (Å²) in [5.74, 6) is 0.322. The molecule has 0 aliphatic carbocycles. The molecule has 0 aliphatic heterocycles. The van der Waals surface area contributed by atoms with Crippen molar-refractivity contribution in [3.8, 4) is 16.9 Å². The molecule has 0 saturated carbocycles. The minimum Gasteiger partial charge on any atom is -0.490 e. The van der Waals surface area contributed by atoms with Crippen molar-refractivity contribution >= 4 is 12.0 Å². The predicted octanol–water partition coefficient (Wildman–Crippen LogP) is 4.41. The zero-order valence-electron chi connectivity index (χ0n) is 18.4. The van der Waals surface area contributed by atoms with Crippen molar-refractivity contribution in [2.24, 2.45) is 0 Å². The largest absolute Gasteiger partial charge is 0.490 e. The van der Waals surface area contributed by atoms with Gasteiger partial charge in [-0.2, -0.15) is 5.10 Å². The summed E-state index contributed by atoms with van der Waals surface area (Å²) in [7, 11) is 5.69. The number of aromatic amines is 1. The number of carbonyl (C=O) groups is 1. The molecule has 0 aliphatic rings. The Bertz CT molecular complexity index is 899. The number of nitrogens with zero attached hydrogens (tertiary/aromatic N) is 2. The molecule has 0 bridgehead atoms. The maximum absolute atomic E-state index is 14.1. The number of hydrogen-bond donors (Lipinski definition) is 2. The maximum Gasteiger partial charge on any atom is 0.143 e. The van der Waals surface area contributed by atoms with Gasteiger partial charge in [0.05, 0.1) is 11.9 Å². The topological polar surface area (TPSA) is 70.2 Å². The summed E-state index contributed by atoms with van der Waals surface area (Å²) in [5.41, 5.74) is 3.11. The first-order chi connectivity index (χ1) is 15.0. The van der Waals surface area contributed by atoms with Gasteiger partial charge in [-0.3, -0.25) is 5.10 Å². The van der Waals surface area contributed by atoms with Crippen molar-refractivity contribution < 1.29 is 13.9 Å². The van der Waals surface area contributed by atoms with E-state index in [1.165, 1.54) is 11.6 Å². The highest BCUT2D eigenvalue weighted by atomic mass is 19.1. The number of unbranched alkanes of at least 4 members (excludes halogenated alkanes) is 1. The number of anilines is 1. The smallest absolute Gasteiger partial charge is 0.143 e. The zero-order valence-corrected chi connectivity index (χ0v) is 18.4.